The van der Waals surface area contributed by atoms with Crippen LogP contribution >= 0.6 is 12.4 Å². The van der Waals surface area contributed by atoms with Gasteiger partial charge < -0.3 is 15.0 Å². The predicted molar refractivity (Wildman–Crippen MR) is 113 cm³/mol. The maximum absolute atomic E-state index is 13.3. The van der Waals surface area contributed by atoms with Crippen molar-refractivity contribution in [3.8, 4) is 5.75 Å². The number of carbonyl (C=O) groups excluding carboxylic acids is 1. The highest BCUT2D eigenvalue weighted by Gasteiger charge is 2.34. The third kappa shape index (κ3) is 5.59. The van der Waals surface area contributed by atoms with Crippen LogP contribution < -0.4 is 10.1 Å². The van der Waals surface area contributed by atoms with Crippen molar-refractivity contribution in [2.24, 2.45) is 11.8 Å². The second-order valence-electron chi connectivity index (χ2n) is 7.46. The first-order chi connectivity index (χ1) is 12.7. The van der Waals surface area contributed by atoms with Gasteiger partial charge in [0.05, 0.1) is 7.11 Å². The molecule has 0 saturated carbocycles. The standard InChI is InChI=1S/C19H31N3O4S.ClH/c1-14-10-15(2)13-22(12-14)27(24,25)18-11-16(6-7-17(18)26-5)19(23)21(4)9-8-20-3;/h6-7,11,14-15,20H,8-10,12-13H2,1-5H3;1H. The Hall–Kier alpha value is -1.35. The average Bonchev–Trinajstić information content (AvgIpc) is 2.64. The summed E-state index contributed by atoms with van der Waals surface area (Å²) < 4.78 is 33.4. The van der Waals surface area contributed by atoms with Gasteiger partial charge >= 0.3 is 0 Å². The molecule has 9 heteroatoms. The summed E-state index contributed by atoms with van der Waals surface area (Å²) in [6.07, 6.45) is 1.01. The second-order valence-corrected chi connectivity index (χ2v) is 9.37. The third-order valence-electron chi connectivity index (χ3n) is 4.91. The Balaban J connectivity index is 0.00000392. The van der Waals surface area contributed by atoms with Gasteiger partial charge in [0.2, 0.25) is 10.0 Å². The molecule has 0 spiro atoms. The number of rotatable bonds is 7. The molecule has 2 atom stereocenters. The van der Waals surface area contributed by atoms with Crippen molar-refractivity contribution in [1.29, 1.82) is 0 Å². The van der Waals surface area contributed by atoms with E-state index in [1.165, 1.54) is 17.5 Å². The molecule has 1 aliphatic rings. The minimum atomic E-state index is -3.74. The molecule has 0 aromatic heterocycles. The quantitative estimate of drug-likeness (QED) is 0.712. The lowest BCUT2D eigenvalue weighted by molar-refractivity contribution is 0.0796. The number of likely N-dealkylation sites (N-methyl/N-ethyl adjacent to an activating group) is 2. The summed E-state index contributed by atoms with van der Waals surface area (Å²) in [6.45, 7) is 6.28. The van der Waals surface area contributed by atoms with E-state index in [0.717, 1.165) is 6.42 Å². The topological polar surface area (TPSA) is 79.0 Å². The minimum absolute atomic E-state index is 0. The summed E-state index contributed by atoms with van der Waals surface area (Å²) in [4.78, 5) is 14.3. The summed E-state index contributed by atoms with van der Waals surface area (Å²) in [5.74, 6) is 0.638. The Bertz CT molecular complexity index is 762. The van der Waals surface area contributed by atoms with E-state index in [1.54, 1.807) is 24.1 Å². The van der Waals surface area contributed by atoms with Crippen molar-refractivity contribution in [2.45, 2.75) is 25.2 Å². The number of ether oxygens (including phenoxy) is 1. The largest absolute Gasteiger partial charge is 0.495 e. The van der Waals surface area contributed by atoms with Crippen LogP contribution in [-0.4, -0.2) is 70.9 Å². The maximum Gasteiger partial charge on any atom is 0.253 e. The fourth-order valence-electron chi connectivity index (χ4n) is 3.55. The van der Waals surface area contributed by atoms with Gasteiger partial charge in [0.1, 0.15) is 10.6 Å². The van der Waals surface area contributed by atoms with Gasteiger partial charge in [-0.3, -0.25) is 4.79 Å². The molecular formula is C19H32ClN3O4S. The summed E-state index contributed by atoms with van der Waals surface area (Å²) in [6, 6.07) is 4.61. The number of sulfonamides is 1. The Morgan fingerprint density at radius 1 is 1.29 bits per heavy atom. The van der Waals surface area contributed by atoms with Crippen LogP contribution in [0.25, 0.3) is 0 Å². The van der Waals surface area contributed by atoms with E-state index in [1.807, 2.05) is 7.05 Å². The molecule has 1 aliphatic heterocycles. The average molecular weight is 434 g/mol. The van der Waals surface area contributed by atoms with Gasteiger partial charge in [0.25, 0.3) is 5.91 Å². The number of benzene rings is 1. The SMILES string of the molecule is CNCCN(C)C(=O)c1ccc(OC)c(S(=O)(=O)N2CC(C)CC(C)C2)c1.Cl. The van der Waals surface area contributed by atoms with Gasteiger partial charge in [-0.15, -0.1) is 12.4 Å². The molecule has 7 nitrogen and oxygen atoms in total. The Labute approximate surface area is 174 Å². The van der Waals surface area contributed by atoms with Gasteiger partial charge in [-0.05, 0) is 43.5 Å². The van der Waals surface area contributed by atoms with Crippen molar-refractivity contribution < 1.29 is 17.9 Å². The first-order valence-electron chi connectivity index (χ1n) is 9.29. The van der Waals surface area contributed by atoms with Crippen LogP contribution in [-0.2, 0) is 10.0 Å². The van der Waals surface area contributed by atoms with E-state index in [2.05, 4.69) is 19.2 Å². The fourth-order valence-corrected chi connectivity index (χ4v) is 5.41. The highest BCUT2D eigenvalue weighted by atomic mass is 35.5. The number of methoxy groups -OCH3 is 1. The third-order valence-corrected chi connectivity index (χ3v) is 6.76. The van der Waals surface area contributed by atoms with E-state index in [4.69, 9.17) is 4.74 Å². The second kappa shape index (κ2) is 10.4. The monoisotopic (exact) mass is 433 g/mol. The molecule has 2 rings (SSSR count). The van der Waals surface area contributed by atoms with Gasteiger partial charge in [0.15, 0.2) is 0 Å². The van der Waals surface area contributed by atoms with Gasteiger partial charge in [-0.2, -0.15) is 4.31 Å². The van der Waals surface area contributed by atoms with Crippen LogP contribution in [0.5, 0.6) is 5.75 Å². The van der Waals surface area contributed by atoms with Gasteiger partial charge in [-0.25, -0.2) is 8.42 Å². The van der Waals surface area contributed by atoms with Crippen molar-refractivity contribution >= 4 is 28.3 Å². The molecule has 1 aromatic rings. The van der Waals surface area contributed by atoms with Crippen LogP contribution in [0.15, 0.2) is 23.1 Å². The van der Waals surface area contributed by atoms with Crippen LogP contribution in [0.2, 0.25) is 0 Å². The fraction of sp³-hybridized carbons (Fsp3) is 0.632. The molecule has 1 fully saturated rings. The maximum atomic E-state index is 13.3. The normalized spacial score (nSPS) is 20.3. The number of hydrogen-bond donors (Lipinski definition) is 1. The minimum Gasteiger partial charge on any atom is -0.495 e. The number of amides is 1. The summed E-state index contributed by atoms with van der Waals surface area (Å²) in [5, 5.41) is 2.99. The first kappa shape index (κ1) is 24.7. The lowest BCUT2D eigenvalue weighted by atomic mass is 9.94. The van der Waals surface area contributed by atoms with Crippen LogP contribution in [0.1, 0.15) is 30.6 Å². The number of nitrogens with zero attached hydrogens (tertiary/aromatic N) is 2. The Kier molecular flexibility index (Phi) is 9.20. The molecule has 1 heterocycles. The van der Waals surface area contributed by atoms with E-state index in [9.17, 15) is 13.2 Å². The molecule has 0 aliphatic carbocycles. The molecule has 2 unspecified atom stereocenters. The lowest BCUT2D eigenvalue weighted by Crippen LogP contribution is -2.42. The highest BCUT2D eigenvalue weighted by molar-refractivity contribution is 7.89. The number of piperidine rings is 1. The molecule has 1 saturated heterocycles. The molecule has 0 radical (unpaired) electrons. The lowest BCUT2D eigenvalue weighted by Gasteiger charge is -2.34. The van der Waals surface area contributed by atoms with Crippen LogP contribution in [0, 0.1) is 11.8 Å². The smallest absolute Gasteiger partial charge is 0.253 e. The van der Waals surface area contributed by atoms with E-state index in [-0.39, 0.29) is 29.0 Å². The molecular weight excluding hydrogens is 402 g/mol. The van der Waals surface area contributed by atoms with Gasteiger partial charge in [0, 0.05) is 38.8 Å². The van der Waals surface area contributed by atoms with E-state index < -0.39 is 10.0 Å². The number of nitrogens with one attached hydrogen (secondary N) is 1. The number of carbonyl (C=O) groups is 1. The molecule has 1 N–H and O–H groups in total. The van der Waals surface area contributed by atoms with Crippen LogP contribution in [0.3, 0.4) is 0 Å². The first-order valence-corrected chi connectivity index (χ1v) is 10.7. The zero-order valence-corrected chi connectivity index (χ0v) is 18.9. The number of halogens is 1. The van der Waals surface area contributed by atoms with Crippen molar-refractivity contribution in [3.63, 3.8) is 0 Å². The highest BCUT2D eigenvalue weighted by Crippen LogP contribution is 2.32. The van der Waals surface area contributed by atoms with Crippen molar-refractivity contribution in [1.82, 2.24) is 14.5 Å². The summed E-state index contributed by atoms with van der Waals surface area (Å²) >= 11 is 0. The molecule has 0 bridgehead atoms. The zero-order valence-electron chi connectivity index (χ0n) is 17.3. The summed E-state index contributed by atoms with van der Waals surface area (Å²) in [5.41, 5.74) is 0.339. The zero-order chi connectivity index (χ0) is 20.2. The van der Waals surface area contributed by atoms with Gasteiger partial charge in [-0.1, -0.05) is 13.8 Å². The molecule has 1 amide bonds. The van der Waals surface area contributed by atoms with E-state index in [0.29, 0.717) is 43.6 Å². The molecule has 160 valence electrons. The predicted octanol–water partition coefficient (Wildman–Crippen LogP) is 2.07. The Morgan fingerprint density at radius 2 is 1.89 bits per heavy atom. The number of hydrogen-bond acceptors (Lipinski definition) is 5. The summed E-state index contributed by atoms with van der Waals surface area (Å²) in [7, 11) is 1.21. The molecule has 28 heavy (non-hydrogen) atoms. The van der Waals surface area contributed by atoms with E-state index >= 15 is 0 Å². The molecule has 1 aromatic carbocycles. The van der Waals surface area contributed by atoms with Crippen LogP contribution in [0.4, 0.5) is 0 Å². The van der Waals surface area contributed by atoms with Crippen molar-refractivity contribution in [2.75, 3.05) is 47.4 Å². The Morgan fingerprint density at radius 3 is 2.43 bits per heavy atom. The van der Waals surface area contributed by atoms with Crippen molar-refractivity contribution in [3.05, 3.63) is 23.8 Å².